The van der Waals surface area contributed by atoms with Gasteiger partial charge in [0.15, 0.2) is 5.78 Å². The maximum Gasteiger partial charge on any atom is 0.326 e. The third-order valence-corrected chi connectivity index (χ3v) is 3.34. The zero-order valence-electron chi connectivity index (χ0n) is 10.4. The van der Waals surface area contributed by atoms with Crippen molar-refractivity contribution in [3.63, 3.8) is 0 Å². The number of hydrogen-bond donors (Lipinski definition) is 1. The van der Waals surface area contributed by atoms with E-state index in [1.54, 1.807) is 0 Å². The quantitative estimate of drug-likeness (QED) is 0.671. The number of halogens is 1. The van der Waals surface area contributed by atoms with Crippen molar-refractivity contribution in [2.45, 2.75) is 5.92 Å². The number of fused-ring (bicyclic) bond motifs is 1. The first-order valence-corrected chi connectivity index (χ1v) is 6.23. The number of urea groups is 1. The van der Waals surface area contributed by atoms with Crippen LogP contribution in [0.15, 0.2) is 35.3 Å². The maximum absolute atomic E-state index is 12.4. The van der Waals surface area contributed by atoms with Crippen LogP contribution in [0.5, 0.6) is 0 Å². The molecule has 1 aliphatic rings. The summed E-state index contributed by atoms with van der Waals surface area (Å²) in [4.78, 5) is 40.9. The Labute approximate surface area is 123 Å². The molecule has 7 nitrogen and oxygen atoms in total. The molecule has 2 N–H and O–H groups in total. The van der Waals surface area contributed by atoms with E-state index >= 15 is 0 Å². The lowest BCUT2D eigenvalue weighted by molar-refractivity contribution is -0.117. The number of ketones is 1. The van der Waals surface area contributed by atoms with E-state index in [9.17, 15) is 14.4 Å². The molecule has 3 amide bonds. The minimum absolute atomic E-state index is 0.127. The molecular weight excluding hydrogens is 298 g/mol. The molecule has 0 radical (unpaired) electrons. The van der Waals surface area contributed by atoms with Crippen molar-refractivity contribution in [1.29, 1.82) is 0 Å². The summed E-state index contributed by atoms with van der Waals surface area (Å²) in [6.07, 6.45) is 3.83. The Hall–Kier alpha value is -2.67. The number of carbonyl (C=O) groups is 3. The summed E-state index contributed by atoms with van der Waals surface area (Å²) >= 11 is 5.82. The maximum atomic E-state index is 12.4. The number of nitrogens with two attached hydrogens (primary N) is 1. The van der Waals surface area contributed by atoms with Gasteiger partial charge in [-0.05, 0) is 12.1 Å². The predicted octanol–water partition coefficient (Wildman–Crippen LogP) is 1.72. The Morgan fingerprint density at radius 2 is 2.19 bits per heavy atom. The Bertz CT molecular complexity index is 757. The predicted molar refractivity (Wildman–Crippen MR) is 72.1 cm³/mol. The second-order valence-corrected chi connectivity index (χ2v) is 4.82. The Balaban J connectivity index is 2.13. The highest BCUT2D eigenvalue weighted by molar-refractivity contribution is 6.33. The van der Waals surface area contributed by atoms with Crippen molar-refractivity contribution in [1.82, 2.24) is 4.98 Å². The summed E-state index contributed by atoms with van der Waals surface area (Å²) in [5.74, 6) is -2.51. The van der Waals surface area contributed by atoms with E-state index in [1.807, 2.05) is 0 Å². The van der Waals surface area contributed by atoms with Crippen LogP contribution in [0.4, 0.5) is 10.5 Å². The molecule has 21 heavy (non-hydrogen) atoms. The van der Waals surface area contributed by atoms with Crippen LogP contribution in [-0.2, 0) is 4.79 Å². The third kappa shape index (κ3) is 1.98. The van der Waals surface area contributed by atoms with E-state index in [1.165, 1.54) is 30.9 Å². The van der Waals surface area contributed by atoms with Crippen LogP contribution in [0.1, 0.15) is 22.0 Å². The first kappa shape index (κ1) is 13.3. The number of primary amides is 1. The highest BCUT2D eigenvalue weighted by atomic mass is 35.5. The number of anilines is 1. The summed E-state index contributed by atoms with van der Waals surface area (Å²) in [5.41, 5.74) is 5.68. The van der Waals surface area contributed by atoms with Gasteiger partial charge in [-0.3, -0.25) is 14.6 Å². The molecule has 0 saturated heterocycles. The molecule has 0 aliphatic carbocycles. The van der Waals surface area contributed by atoms with Gasteiger partial charge in [0.05, 0.1) is 28.2 Å². The lowest BCUT2D eigenvalue weighted by Crippen LogP contribution is -2.40. The Kier molecular flexibility index (Phi) is 2.99. The number of Topliss-reactive ketones (excluding diaryl/α,β-unsaturated/α-hetero) is 1. The van der Waals surface area contributed by atoms with Crippen LogP contribution < -0.4 is 10.6 Å². The van der Waals surface area contributed by atoms with Gasteiger partial charge < -0.3 is 10.2 Å². The van der Waals surface area contributed by atoms with Gasteiger partial charge in [-0.15, -0.1) is 0 Å². The van der Waals surface area contributed by atoms with E-state index in [0.717, 1.165) is 0 Å². The number of imide groups is 1. The smallest absolute Gasteiger partial charge is 0.326 e. The normalized spacial score (nSPS) is 16.9. The molecule has 0 spiro atoms. The van der Waals surface area contributed by atoms with E-state index in [2.05, 4.69) is 4.98 Å². The summed E-state index contributed by atoms with van der Waals surface area (Å²) in [6.45, 7) is 0. The molecule has 2 aromatic heterocycles. The van der Waals surface area contributed by atoms with Gasteiger partial charge in [-0.25, -0.2) is 9.69 Å². The van der Waals surface area contributed by atoms with E-state index in [0.29, 0.717) is 4.90 Å². The van der Waals surface area contributed by atoms with Crippen molar-refractivity contribution in [2.75, 3.05) is 4.90 Å². The highest BCUT2D eigenvalue weighted by Crippen LogP contribution is 2.38. The van der Waals surface area contributed by atoms with E-state index in [4.69, 9.17) is 21.8 Å². The van der Waals surface area contributed by atoms with Gasteiger partial charge in [0.25, 0.3) is 5.91 Å². The number of hydrogen-bond acceptors (Lipinski definition) is 5. The molecule has 1 atom stereocenters. The molecule has 3 rings (SSSR count). The first-order valence-electron chi connectivity index (χ1n) is 5.86. The summed E-state index contributed by atoms with van der Waals surface area (Å²) in [7, 11) is 0. The van der Waals surface area contributed by atoms with Crippen LogP contribution in [0.25, 0.3) is 0 Å². The third-order valence-electron chi connectivity index (χ3n) is 3.13. The Morgan fingerprint density at radius 1 is 1.43 bits per heavy atom. The van der Waals surface area contributed by atoms with Crippen molar-refractivity contribution in [3.8, 4) is 0 Å². The largest absolute Gasteiger partial charge is 0.472 e. The number of amides is 3. The zero-order valence-corrected chi connectivity index (χ0v) is 11.2. The number of aromatic nitrogens is 1. The summed E-state index contributed by atoms with van der Waals surface area (Å²) in [5, 5.41) is 0.226. The zero-order chi connectivity index (χ0) is 15.1. The fourth-order valence-corrected chi connectivity index (χ4v) is 2.39. The number of furan rings is 1. The number of rotatable bonds is 2. The van der Waals surface area contributed by atoms with Crippen molar-refractivity contribution >= 4 is 35.0 Å². The number of pyridine rings is 1. The first-order chi connectivity index (χ1) is 10.0. The minimum atomic E-state index is -1.23. The van der Waals surface area contributed by atoms with Crippen molar-refractivity contribution < 1.29 is 18.8 Å². The van der Waals surface area contributed by atoms with Gasteiger partial charge >= 0.3 is 6.03 Å². The summed E-state index contributed by atoms with van der Waals surface area (Å²) < 4.78 is 4.83. The number of carbonyl (C=O) groups excluding carboxylic acids is 3. The molecule has 0 saturated carbocycles. The molecule has 0 aromatic carbocycles. The molecule has 1 unspecified atom stereocenters. The van der Waals surface area contributed by atoms with Crippen LogP contribution in [0.2, 0.25) is 5.02 Å². The van der Waals surface area contributed by atoms with Crippen LogP contribution in [-0.4, -0.2) is 22.7 Å². The van der Waals surface area contributed by atoms with Crippen molar-refractivity contribution in [2.24, 2.45) is 5.73 Å². The van der Waals surface area contributed by atoms with Gasteiger partial charge in [-0.2, -0.15) is 0 Å². The molecule has 2 aromatic rings. The SMILES string of the molecule is NC(=O)N1C(=O)C(C(=O)c2ccoc2)c2ncc(Cl)cc21. The van der Waals surface area contributed by atoms with Crippen LogP contribution in [0.3, 0.4) is 0 Å². The van der Waals surface area contributed by atoms with E-state index < -0.39 is 23.6 Å². The van der Waals surface area contributed by atoms with Crippen LogP contribution in [0, 0.1) is 0 Å². The lowest BCUT2D eigenvalue weighted by Gasteiger charge is -2.11. The molecule has 1 aliphatic heterocycles. The summed E-state index contributed by atoms with van der Waals surface area (Å²) in [6, 6.07) is 1.81. The van der Waals surface area contributed by atoms with Gasteiger partial charge in [-0.1, -0.05) is 11.6 Å². The molecule has 106 valence electrons. The fourth-order valence-electron chi connectivity index (χ4n) is 2.24. The van der Waals surface area contributed by atoms with Crippen LogP contribution >= 0.6 is 11.6 Å². The minimum Gasteiger partial charge on any atom is -0.472 e. The molecular formula is C13H8ClN3O4. The number of nitrogens with zero attached hydrogens (tertiary/aromatic N) is 2. The van der Waals surface area contributed by atoms with Gasteiger partial charge in [0, 0.05) is 6.20 Å². The van der Waals surface area contributed by atoms with Gasteiger partial charge in [0.1, 0.15) is 12.2 Å². The highest BCUT2D eigenvalue weighted by Gasteiger charge is 2.45. The topological polar surface area (TPSA) is 106 Å². The van der Waals surface area contributed by atoms with Crippen molar-refractivity contribution in [3.05, 3.63) is 47.1 Å². The molecule has 8 heteroatoms. The molecule has 0 fully saturated rings. The average molecular weight is 306 g/mol. The fraction of sp³-hybridized carbons (Fsp3) is 0.0769. The molecule has 0 bridgehead atoms. The van der Waals surface area contributed by atoms with E-state index in [-0.39, 0.29) is 22.0 Å². The lowest BCUT2D eigenvalue weighted by atomic mass is 9.97. The Morgan fingerprint density at radius 3 is 2.81 bits per heavy atom. The van der Waals surface area contributed by atoms with Gasteiger partial charge in [0.2, 0.25) is 0 Å². The monoisotopic (exact) mass is 305 g/mol. The molecule has 3 heterocycles. The standard InChI is InChI=1S/C13H8ClN3O4/c14-7-3-8-10(16-4-7)9(12(19)17(8)13(15)20)11(18)6-1-2-21-5-6/h1-5,9H,(H2,15,20). The second kappa shape index (κ2) is 4.71. The second-order valence-electron chi connectivity index (χ2n) is 4.38. The average Bonchev–Trinajstić information content (AvgIpc) is 3.02.